The van der Waals surface area contributed by atoms with Gasteiger partial charge in [0.25, 0.3) is 0 Å². The average Bonchev–Trinajstić information content (AvgIpc) is 2.69. The Morgan fingerprint density at radius 2 is 1.85 bits per heavy atom. The minimum atomic E-state index is -0.235. The maximum absolute atomic E-state index is 13.2. The number of amides is 1. The van der Waals surface area contributed by atoms with Crippen LogP contribution in [0, 0.1) is 0 Å². The van der Waals surface area contributed by atoms with Crippen molar-refractivity contribution < 1.29 is 4.79 Å². The topological polar surface area (TPSA) is 39.7 Å². The van der Waals surface area contributed by atoms with Gasteiger partial charge in [-0.1, -0.05) is 48.9 Å². The quantitative estimate of drug-likeness (QED) is 0.808. The highest BCUT2D eigenvalue weighted by Gasteiger charge is 2.31. The molecule has 1 atom stereocenters. The Balaban J connectivity index is 1.69. The predicted molar refractivity (Wildman–Crippen MR) is 106 cm³/mol. The summed E-state index contributed by atoms with van der Waals surface area (Å²) in [5.41, 5.74) is 1.05. The van der Waals surface area contributed by atoms with Gasteiger partial charge in [-0.25, -0.2) is 4.98 Å². The van der Waals surface area contributed by atoms with Gasteiger partial charge in [0, 0.05) is 32.4 Å². The largest absolute Gasteiger partial charge is 0.353 e. The number of carbonyl (C=O) groups is 1. The molecule has 1 aliphatic rings. The summed E-state index contributed by atoms with van der Waals surface area (Å²) in [6.45, 7) is 5.84. The van der Waals surface area contributed by atoms with Crippen molar-refractivity contribution in [1.29, 1.82) is 0 Å². The number of benzene rings is 1. The molecule has 138 valence electrons. The van der Waals surface area contributed by atoms with Crippen LogP contribution in [0.4, 0.5) is 5.82 Å². The van der Waals surface area contributed by atoms with Gasteiger partial charge in [0.05, 0.1) is 5.02 Å². The molecular weight excluding hydrogens is 348 g/mol. The third-order valence-electron chi connectivity index (χ3n) is 4.92. The Kier molecular flexibility index (Phi) is 6.12. The lowest BCUT2D eigenvalue weighted by molar-refractivity contribution is -0.137. The number of aromatic nitrogens is 1. The summed E-state index contributed by atoms with van der Waals surface area (Å²) in [6.07, 6.45) is 1.66. The molecule has 26 heavy (non-hydrogen) atoms. The number of carbonyl (C=O) groups excluding carboxylic acids is 1. The molecule has 2 aromatic rings. The minimum Gasteiger partial charge on any atom is -0.353 e. The van der Waals surface area contributed by atoms with Crippen LogP contribution in [0.25, 0.3) is 0 Å². The number of likely N-dealkylation sites (N-methyl/N-ethyl adjacent to an activating group) is 1. The molecule has 1 unspecified atom stereocenters. The minimum absolute atomic E-state index is 0.171. The summed E-state index contributed by atoms with van der Waals surface area (Å²) in [5.74, 6) is 1.08. The Bertz CT molecular complexity index is 714. The van der Waals surface area contributed by atoms with Crippen LogP contribution in [0.1, 0.15) is 18.5 Å². The molecule has 3 rings (SSSR count). The molecule has 0 saturated carbocycles. The summed E-state index contributed by atoms with van der Waals surface area (Å²) < 4.78 is 0. The number of hydrogen-bond acceptors (Lipinski definition) is 4. The van der Waals surface area contributed by atoms with Gasteiger partial charge in [0.1, 0.15) is 11.9 Å². The lowest BCUT2D eigenvalue weighted by Crippen LogP contribution is -2.52. The second kappa shape index (κ2) is 8.52. The van der Waals surface area contributed by atoms with Crippen molar-refractivity contribution in [2.45, 2.75) is 13.0 Å². The Morgan fingerprint density at radius 3 is 2.42 bits per heavy atom. The van der Waals surface area contributed by atoms with E-state index in [0.717, 1.165) is 31.0 Å². The van der Waals surface area contributed by atoms with Crippen molar-refractivity contribution in [3.8, 4) is 0 Å². The summed E-state index contributed by atoms with van der Waals surface area (Å²) in [4.78, 5) is 23.9. The van der Waals surface area contributed by atoms with E-state index >= 15 is 0 Å². The molecule has 1 saturated heterocycles. The van der Waals surface area contributed by atoms with Crippen LogP contribution < -0.4 is 4.90 Å². The highest BCUT2D eigenvalue weighted by molar-refractivity contribution is 6.30. The first kappa shape index (κ1) is 18.7. The fraction of sp³-hybridized carbons (Fsp3) is 0.400. The third-order valence-corrected chi connectivity index (χ3v) is 5.14. The van der Waals surface area contributed by atoms with Gasteiger partial charge in [-0.2, -0.15) is 0 Å². The monoisotopic (exact) mass is 372 g/mol. The van der Waals surface area contributed by atoms with E-state index < -0.39 is 0 Å². The first-order valence-electron chi connectivity index (χ1n) is 9.00. The Hall–Kier alpha value is -2.11. The smallest absolute Gasteiger partial charge is 0.244 e. The van der Waals surface area contributed by atoms with Crippen molar-refractivity contribution >= 4 is 23.3 Å². The van der Waals surface area contributed by atoms with Gasteiger partial charge < -0.3 is 9.80 Å². The van der Waals surface area contributed by atoms with Crippen molar-refractivity contribution in [3.05, 3.63) is 59.2 Å². The van der Waals surface area contributed by atoms with Crippen molar-refractivity contribution in [3.63, 3.8) is 0 Å². The predicted octanol–water partition coefficient (Wildman–Crippen LogP) is 3.08. The number of halogens is 1. The summed E-state index contributed by atoms with van der Waals surface area (Å²) >= 11 is 5.91. The summed E-state index contributed by atoms with van der Waals surface area (Å²) in [7, 11) is 2.00. The van der Waals surface area contributed by atoms with Crippen LogP contribution in [0.5, 0.6) is 0 Å². The van der Waals surface area contributed by atoms with E-state index in [1.54, 1.807) is 6.20 Å². The number of piperazine rings is 1. The fourth-order valence-electron chi connectivity index (χ4n) is 3.29. The number of nitrogens with zero attached hydrogens (tertiary/aromatic N) is 4. The van der Waals surface area contributed by atoms with E-state index in [9.17, 15) is 4.79 Å². The molecule has 0 aliphatic carbocycles. The third kappa shape index (κ3) is 4.17. The maximum atomic E-state index is 13.2. The molecule has 1 aromatic carbocycles. The van der Waals surface area contributed by atoms with Crippen molar-refractivity contribution in [2.24, 2.45) is 0 Å². The van der Waals surface area contributed by atoms with Crippen molar-refractivity contribution in [1.82, 2.24) is 14.8 Å². The molecule has 2 heterocycles. The van der Waals surface area contributed by atoms with Gasteiger partial charge in [-0.15, -0.1) is 0 Å². The SMILES string of the molecule is CCN(C)C(C(=O)N1CCN(c2ccc(Cl)cn2)CC1)c1ccccc1. The molecule has 1 amide bonds. The lowest BCUT2D eigenvalue weighted by Gasteiger charge is -2.38. The van der Waals surface area contributed by atoms with E-state index in [4.69, 9.17) is 11.6 Å². The molecular formula is C20H25ClN4O. The van der Waals surface area contributed by atoms with Gasteiger partial charge in [0.2, 0.25) is 5.91 Å². The summed E-state index contributed by atoms with van der Waals surface area (Å²) in [5, 5.41) is 0.635. The van der Waals surface area contributed by atoms with Gasteiger partial charge in [-0.05, 0) is 31.3 Å². The number of hydrogen-bond donors (Lipinski definition) is 0. The van der Waals surface area contributed by atoms with E-state index in [0.29, 0.717) is 18.1 Å². The lowest BCUT2D eigenvalue weighted by atomic mass is 10.0. The highest BCUT2D eigenvalue weighted by atomic mass is 35.5. The molecule has 0 N–H and O–H groups in total. The van der Waals surface area contributed by atoms with Crippen molar-refractivity contribution in [2.75, 3.05) is 44.7 Å². The molecule has 1 aliphatic heterocycles. The van der Waals surface area contributed by atoms with Crippen LogP contribution in [0.3, 0.4) is 0 Å². The number of pyridine rings is 1. The van der Waals surface area contributed by atoms with Crippen LogP contribution >= 0.6 is 11.6 Å². The van der Waals surface area contributed by atoms with Gasteiger partial charge in [-0.3, -0.25) is 9.69 Å². The van der Waals surface area contributed by atoms with Crippen LogP contribution in [-0.2, 0) is 4.79 Å². The zero-order valence-corrected chi connectivity index (χ0v) is 16.1. The van der Waals surface area contributed by atoms with Crippen LogP contribution in [0.2, 0.25) is 5.02 Å². The molecule has 0 bridgehead atoms. The van der Waals surface area contributed by atoms with Crippen LogP contribution in [0.15, 0.2) is 48.7 Å². The molecule has 0 radical (unpaired) electrons. The first-order chi connectivity index (χ1) is 12.6. The Labute approximate surface area is 160 Å². The highest BCUT2D eigenvalue weighted by Crippen LogP contribution is 2.23. The van der Waals surface area contributed by atoms with E-state index in [1.807, 2.05) is 54.4 Å². The average molecular weight is 373 g/mol. The Morgan fingerprint density at radius 1 is 1.15 bits per heavy atom. The zero-order valence-electron chi connectivity index (χ0n) is 15.3. The second-order valence-electron chi connectivity index (χ2n) is 6.53. The maximum Gasteiger partial charge on any atom is 0.244 e. The standard InChI is InChI=1S/C20H25ClN4O/c1-3-23(2)19(16-7-5-4-6-8-16)20(26)25-13-11-24(12-14-25)18-10-9-17(21)15-22-18/h4-10,15,19H,3,11-14H2,1-2H3. The second-order valence-corrected chi connectivity index (χ2v) is 6.97. The van der Waals surface area contributed by atoms with E-state index in [2.05, 4.69) is 21.7 Å². The van der Waals surface area contributed by atoms with Crippen LogP contribution in [-0.4, -0.2) is 60.5 Å². The number of anilines is 1. The normalized spacial score (nSPS) is 16.0. The zero-order chi connectivity index (χ0) is 18.5. The van der Waals surface area contributed by atoms with E-state index in [1.165, 1.54) is 0 Å². The molecule has 1 fully saturated rings. The van der Waals surface area contributed by atoms with Gasteiger partial charge in [0.15, 0.2) is 0 Å². The number of rotatable bonds is 5. The first-order valence-corrected chi connectivity index (χ1v) is 9.38. The van der Waals surface area contributed by atoms with Gasteiger partial charge >= 0.3 is 0 Å². The molecule has 0 spiro atoms. The van der Waals surface area contributed by atoms with E-state index in [-0.39, 0.29) is 11.9 Å². The molecule has 5 nitrogen and oxygen atoms in total. The summed E-state index contributed by atoms with van der Waals surface area (Å²) in [6, 6.07) is 13.6. The molecule has 1 aromatic heterocycles. The molecule has 6 heteroatoms. The fourth-order valence-corrected chi connectivity index (χ4v) is 3.40.